The topological polar surface area (TPSA) is 77.1 Å². The number of nitrogens with zero attached hydrogens (tertiary/aromatic N) is 1. The van der Waals surface area contributed by atoms with Crippen LogP contribution in [0.4, 0.5) is 0 Å². The minimum Gasteiger partial charge on any atom is -0.349 e. The Bertz CT molecular complexity index is 524. The van der Waals surface area contributed by atoms with Crippen LogP contribution in [-0.4, -0.2) is 22.6 Å². The molecule has 1 fully saturated rings. The molecule has 0 spiro atoms. The predicted molar refractivity (Wildman–Crippen MR) is 83.5 cm³/mol. The van der Waals surface area contributed by atoms with Crippen molar-refractivity contribution in [2.75, 3.05) is 6.54 Å². The Labute approximate surface area is 129 Å². The normalized spacial score (nSPS) is 17.1. The highest BCUT2D eigenvalue weighted by atomic mass is 35.5. The fraction of sp³-hybridized carbons (Fsp3) is 0.692. The van der Waals surface area contributed by atoms with E-state index in [4.69, 9.17) is 5.73 Å². The summed E-state index contributed by atoms with van der Waals surface area (Å²) in [7, 11) is 0. The van der Waals surface area contributed by atoms with E-state index in [0.29, 0.717) is 25.4 Å². The number of carbonyl (C=O) groups excluding carboxylic acids is 1. The van der Waals surface area contributed by atoms with Crippen molar-refractivity contribution < 1.29 is 4.79 Å². The van der Waals surface area contributed by atoms with Gasteiger partial charge in [-0.25, -0.2) is 0 Å². The first-order valence-electron chi connectivity index (χ1n) is 6.62. The van der Waals surface area contributed by atoms with Gasteiger partial charge in [0.15, 0.2) is 0 Å². The Morgan fingerprint density at radius 1 is 1.60 bits per heavy atom. The van der Waals surface area contributed by atoms with E-state index in [2.05, 4.69) is 5.32 Å². The minimum absolute atomic E-state index is 0. The highest BCUT2D eigenvalue weighted by Crippen LogP contribution is 2.38. The van der Waals surface area contributed by atoms with E-state index in [0.717, 1.165) is 18.5 Å². The molecule has 2 rings (SSSR count). The van der Waals surface area contributed by atoms with Crippen molar-refractivity contribution in [1.29, 1.82) is 0 Å². The molecule has 114 valence electrons. The van der Waals surface area contributed by atoms with Crippen molar-refractivity contribution in [2.24, 2.45) is 11.7 Å². The molecular weight excluding hydrogens is 298 g/mol. The number of aryl methyl sites for hydroxylation is 1. The van der Waals surface area contributed by atoms with Crippen LogP contribution in [0.1, 0.15) is 31.9 Å². The maximum Gasteiger partial charge on any atom is 0.307 e. The first-order chi connectivity index (χ1) is 8.96. The van der Waals surface area contributed by atoms with Crippen molar-refractivity contribution in [2.45, 2.75) is 45.2 Å². The fourth-order valence-electron chi connectivity index (χ4n) is 2.31. The number of hydrogen-bond acceptors (Lipinski definition) is 4. The van der Waals surface area contributed by atoms with Crippen LogP contribution in [0.5, 0.6) is 0 Å². The number of nitrogens with one attached hydrogen (secondary N) is 1. The summed E-state index contributed by atoms with van der Waals surface area (Å²) in [6.45, 7) is 4.78. The number of nitrogens with two attached hydrogens (primary N) is 1. The van der Waals surface area contributed by atoms with Gasteiger partial charge < -0.3 is 15.6 Å². The molecule has 1 atom stereocenters. The van der Waals surface area contributed by atoms with Crippen LogP contribution < -0.4 is 15.9 Å². The highest BCUT2D eigenvalue weighted by molar-refractivity contribution is 7.07. The molecule has 1 aliphatic rings. The maximum atomic E-state index is 12.0. The van der Waals surface area contributed by atoms with Gasteiger partial charge in [0, 0.05) is 30.6 Å². The third-order valence-corrected chi connectivity index (χ3v) is 4.75. The lowest BCUT2D eigenvalue weighted by Gasteiger charge is -2.29. The minimum atomic E-state index is -0.286. The monoisotopic (exact) mass is 319 g/mol. The van der Waals surface area contributed by atoms with Gasteiger partial charge in [0.25, 0.3) is 0 Å². The zero-order chi connectivity index (χ0) is 14.0. The molecule has 1 unspecified atom stereocenters. The summed E-state index contributed by atoms with van der Waals surface area (Å²) in [6, 6.07) is 0. The van der Waals surface area contributed by atoms with E-state index in [1.165, 1.54) is 11.3 Å². The van der Waals surface area contributed by atoms with Gasteiger partial charge in [-0.1, -0.05) is 11.3 Å². The summed E-state index contributed by atoms with van der Waals surface area (Å²) in [5.41, 5.74) is 6.39. The number of halogens is 1. The molecule has 1 saturated carbocycles. The molecule has 0 saturated heterocycles. The third kappa shape index (κ3) is 3.84. The molecular formula is C13H22ClN3O2S. The zero-order valence-corrected chi connectivity index (χ0v) is 13.5. The summed E-state index contributed by atoms with van der Waals surface area (Å²) in [5.74, 6) is 0.476. The van der Waals surface area contributed by atoms with E-state index in [1.54, 1.807) is 4.57 Å². The Morgan fingerprint density at radius 3 is 2.70 bits per heavy atom. The average molecular weight is 320 g/mol. The van der Waals surface area contributed by atoms with Crippen molar-refractivity contribution in [3.63, 3.8) is 0 Å². The summed E-state index contributed by atoms with van der Waals surface area (Å²) in [5, 5.41) is 4.84. The SMILES string of the molecule is Cc1csc(=O)n1CCC(=O)NC(C)(CN)C1CC1.Cl. The Balaban J connectivity index is 0.00000200. The van der Waals surface area contributed by atoms with Gasteiger partial charge in [0.05, 0.1) is 5.54 Å². The molecule has 0 bridgehead atoms. The van der Waals surface area contributed by atoms with Crippen LogP contribution in [-0.2, 0) is 11.3 Å². The number of carbonyl (C=O) groups is 1. The van der Waals surface area contributed by atoms with Gasteiger partial charge in [0.2, 0.25) is 5.91 Å². The van der Waals surface area contributed by atoms with E-state index in [1.807, 2.05) is 19.2 Å². The summed E-state index contributed by atoms with van der Waals surface area (Å²) in [4.78, 5) is 23.5. The fourth-order valence-corrected chi connectivity index (χ4v) is 3.07. The lowest BCUT2D eigenvalue weighted by molar-refractivity contribution is -0.123. The van der Waals surface area contributed by atoms with Gasteiger partial charge in [-0.2, -0.15) is 0 Å². The third-order valence-electron chi connectivity index (χ3n) is 3.87. The van der Waals surface area contributed by atoms with Crippen LogP contribution in [0, 0.1) is 12.8 Å². The van der Waals surface area contributed by atoms with Crippen molar-refractivity contribution in [3.8, 4) is 0 Å². The second-order valence-corrected chi connectivity index (χ2v) is 6.31. The van der Waals surface area contributed by atoms with Gasteiger partial charge in [-0.15, -0.1) is 12.4 Å². The Kier molecular flexibility index (Phi) is 5.79. The largest absolute Gasteiger partial charge is 0.349 e. The Hall–Kier alpha value is -0.850. The molecule has 0 radical (unpaired) electrons. The molecule has 20 heavy (non-hydrogen) atoms. The maximum absolute atomic E-state index is 12.0. The molecule has 1 aromatic heterocycles. The highest BCUT2D eigenvalue weighted by Gasteiger charge is 2.41. The van der Waals surface area contributed by atoms with E-state index < -0.39 is 0 Å². The van der Waals surface area contributed by atoms with E-state index in [-0.39, 0.29) is 28.7 Å². The quantitative estimate of drug-likeness (QED) is 0.829. The summed E-state index contributed by atoms with van der Waals surface area (Å²) in [6.07, 6.45) is 2.59. The molecule has 1 heterocycles. The van der Waals surface area contributed by atoms with Gasteiger partial charge in [0.1, 0.15) is 0 Å². The van der Waals surface area contributed by atoms with Crippen LogP contribution in [0.2, 0.25) is 0 Å². The number of amides is 1. The first kappa shape index (κ1) is 17.2. The number of thiazole rings is 1. The predicted octanol–water partition coefficient (Wildman–Crippen LogP) is 1.27. The number of hydrogen-bond donors (Lipinski definition) is 2. The summed E-state index contributed by atoms with van der Waals surface area (Å²) >= 11 is 1.17. The van der Waals surface area contributed by atoms with Gasteiger partial charge in [-0.05, 0) is 32.6 Å². The number of aromatic nitrogens is 1. The van der Waals surface area contributed by atoms with Gasteiger partial charge in [-0.3, -0.25) is 9.59 Å². The van der Waals surface area contributed by atoms with Crippen molar-refractivity contribution in [1.82, 2.24) is 9.88 Å². The van der Waals surface area contributed by atoms with E-state index >= 15 is 0 Å². The lowest BCUT2D eigenvalue weighted by atomic mass is 9.96. The average Bonchev–Trinajstić information content (AvgIpc) is 3.16. The van der Waals surface area contributed by atoms with Crippen molar-refractivity contribution >= 4 is 29.7 Å². The number of rotatable bonds is 6. The molecule has 0 aromatic carbocycles. The second-order valence-electron chi connectivity index (χ2n) is 5.49. The molecule has 7 heteroatoms. The van der Waals surface area contributed by atoms with E-state index in [9.17, 15) is 9.59 Å². The van der Waals surface area contributed by atoms with Gasteiger partial charge >= 0.3 is 4.87 Å². The molecule has 5 nitrogen and oxygen atoms in total. The summed E-state index contributed by atoms with van der Waals surface area (Å²) < 4.78 is 1.64. The van der Waals surface area contributed by atoms with Crippen LogP contribution in [0.3, 0.4) is 0 Å². The second kappa shape index (κ2) is 6.74. The molecule has 0 aliphatic heterocycles. The molecule has 1 amide bonds. The molecule has 3 N–H and O–H groups in total. The van der Waals surface area contributed by atoms with Crippen LogP contribution >= 0.6 is 23.7 Å². The lowest BCUT2D eigenvalue weighted by Crippen LogP contribution is -2.53. The zero-order valence-electron chi connectivity index (χ0n) is 11.8. The Morgan fingerprint density at radius 2 is 2.25 bits per heavy atom. The standard InChI is InChI=1S/C13H21N3O2S.ClH/c1-9-7-19-12(18)16(9)6-5-11(17)15-13(2,8-14)10-3-4-10;/h7,10H,3-6,8,14H2,1-2H3,(H,15,17);1H. The molecule has 1 aliphatic carbocycles. The van der Waals surface area contributed by atoms with Crippen LogP contribution in [0.15, 0.2) is 10.2 Å². The first-order valence-corrected chi connectivity index (χ1v) is 7.50. The smallest absolute Gasteiger partial charge is 0.307 e. The van der Waals surface area contributed by atoms with Crippen LogP contribution in [0.25, 0.3) is 0 Å². The molecule has 1 aromatic rings. The van der Waals surface area contributed by atoms with Crippen molar-refractivity contribution in [3.05, 3.63) is 20.7 Å².